The van der Waals surface area contributed by atoms with E-state index in [9.17, 15) is 9.90 Å². The minimum Gasteiger partial charge on any atom is -0.483 e. The number of carbonyl (C=O) groups excluding carboxylic acids is 1. The van der Waals surface area contributed by atoms with Crippen LogP contribution in [0.15, 0.2) is 24.3 Å². The molecule has 1 aromatic rings. The monoisotopic (exact) mass is 376 g/mol. The fourth-order valence-electron chi connectivity index (χ4n) is 3.69. The molecule has 0 heterocycles. The Bertz CT molecular complexity index is 614. The van der Waals surface area contributed by atoms with Crippen molar-refractivity contribution in [2.24, 2.45) is 11.3 Å². The molecule has 0 spiro atoms. The van der Waals surface area contributed by atoms with E-state index in [1.54, 1.807) is 14.1 Å². The van der Waals surface area contributed by atoms with Gasteiger partial charge in [-0.15, -0.1) is 0 Å². The highest BCUT2D eigenvalue weighted by molar-refractivity contribution is 5.77. The predicted molar refractivity (Wildman–Crippen MR) is 109 cm³/mol. The van der Waals surface area contributed by atoms with E-state index < -0.39 is 5.60 Å². The summed E-state index contributed by atoms with van der Waals surface area (Å²) >= 11 is 0. The number of carbonyl (C=O) groups is 1. The maximum absolute atomic E-state index is 11.7. The van der Waals surface area contributed by atoms with Gasteiger partial charge in [-0.3, -0.25) is 4.79 Å². The van der Waals surface area contributed by atoms with Crippen LogP contribution in [0, 0.1) is 11.3 Å². The lowest BCUT2D eigenvalue weighted by molar-refractivity contribution is -0.130. The highest BCUT2D eigenvalue weighted by atomic mass is 16.5. The van der Waals surface area contributed by atoms with Crippen molar-refractivity contribution >= 4 is 5.91 Å². The highest BCUT2D eigenvalue weighted by Crippen LogP contribution is 2.41. The van der Waals surface area contributed by atoms with Crippen LogP contribution in [0.3, 0.4) is 0 Å². The van der Waals surface area contributed by atoms with E-state index in [2.05, 4.69) is 26.1 Å². The molecule has 0 aromatic heterocycles. The molecule has 0 bridgehead atoms. The molecule has 1 aromatic carbocycles. The molecule has 0 unspecified atom stereocenters. The van der Waals surface area contributed by atoms with Crippen LogP contribution in [-0.4, -0.2) is 48.8 Å². The summed E-state index contributed by atoms with van der Waals surface area (Å²) < 4.78 is 5.69. The van der Waals surface area contributed by atoms with Crippen molar-refractivity contribution in [2.75, 3.05) is 27.2 Å². The quantitative estimate of drug-likeness (QED) is 0.767. The topological polar surface area (TPSA) is 61.8 Å². The van der Waals surface area contributed by atoms with Gasteiger partial charge in [-0.05, 0) is 43.1 Å². The number of nitrogens with one attached hydrogen (secondary N) is 1. The van der Waals surface area contributed by atoms with E-state index in [1.165, 1.54) is 4.90 Å². The van der Waals surface area contributed by atoms with Gasteiger partial charge >= 0.3 is 0 Å². The Morgan fingerprint density at radius 2 is 1.89 bits per heavy atom. The molecule has 1 amide bonds. The molecule has 1 saturated carbocycles. The first-order valence-corrected chi connectivity index (χ1v) is 9.95. The van der Waals surface area contributed by atoms with Crippen LogP contribution >= 0.6 is 0 Å². The SMILES string of the molecule is CN(C)C(=O)COc1ccccc1CNCC1(O)CCC(C(C)(C)C)CC1. The molecule has 1 aliphatic rings. The average molecular weight is 377 g/mol. The first-order valence-electron chi connectivity index (χ1n) is 9.95. The van der Waals surface area contributed by atoms with Crippen LogP contribution in [0.4, 0.5) is 0 Å². The third-order valence-corrected chi connectivity index (χ3v) is 5.73. The minimum atomic E-state index is -0.627. The zero-order valence-corrected chi connectivity index (χ0v) is 17.5. The molecule has 0 saturated heterocycles. The standard InChI is InChI=1S/C22H36N2O3/c1-21(2,3)18-10-12-22(26,13-11-18)16-23-14-17-8-6-7-9-19(17)27-15-20(25)24(4)5/h6-9,18,23,26H,10-16H2,1-5H3. The molecular formula is C22H36N2O3. The van der Waals surface area contributed by atoms with Crippen molar-refractivity contribution in [2.45, 2.75) is 58.6 Å². The van der Waals surface area contributed by atoms with Crippen molar-refractivity contribution in [3.63, 3.8) is 0 Å². The van der Waals surface area contributed by atoms with Gasteiger partial charge < -0.3 is 20.1 Å². The number of likely N-dealkylation sites (N-methyl/N-ethyl adjacent to an activating group) is 1. The number of hydrogen-bond acceptors (Lipinski definition) is 4. The lowest BCUT2D eigenvalue weighted by Gasteiger charge is -2.41. The molecule has 152 valence electrons. The maximum Gasteiger partial charge on any atom is 0.259 e. The molecule has 5 nitrogen and oxygen atoms in total. The zero-order chi connectivity index (χ0) is 20.1. The number of rotatable bonds is 7. The summed E-state index contributed by atoms with van der Waals surface area (Å²) in [6, 6.07) is 7.73. The number of hydrogen-bond donors (Lipinski definition) is 2. The number of ether oxygens (including phenoxy) is 1. The van der Waals surface area contributed by atoms with Crippen LogP contribution in [0.25, 0.3) is 0 Å². The second-order valence-electron chi connectivity index (χ2n) is 9.15. The molecule has 5 heteroatoms. The van der Waals surface area contributed by atoms with E-state index in [-0.39, 0.29) is 12.5 Å². The molecule has 0 aliphatic heterocycles. The Labute approximate surface area is 164 Å². The summed E-state index contributed by atoms with van der Waals surface area (Å²) in [5.74, 6) is 1.33. The zero-order valence-electron chi connectivity index (χ0n) is 17.5. The molecule has 1 fully saturated rings. The van der Waals surface area contributed by atoms with Crippen molar-refractivity contribution < 1.29 is 14.6 Å². The van der Waals surface area contributed by atoms with Crippen molar-refractivity contribution in [1.29, 1.82) is 0 Å². The molecular weight excluding hydrogens is 340 g/mol. The third-order valence-electron chi connectivity index (χ3n) is 5.73. The fraction of sp³-hybridized carbons (Fsp3) is 0.682. The highest BCUT2D eigenvalue weighted by Gasteiger charge is 2.36. The van der Waals surface area contributed by atoms with Gasteiger partial charge in [0.25, 0.3) is 5.91 Å². The maximum atomic E-state index is 11.7. The van der Waals surface area contributed by atoms with Gasteiger partial charge in [0.1, 0.15) is 5.75 Å². The summed E-state index contributed by atoms with van der Waals surface area (Å²) in [6.07, 6.45) is 3.84. The number of amides is 1. The summed E-state index contributed by atoms with van der Waals surface area (Å²) in [7, 11) is 3.43. The normalized spacial score (nSPS) is 23.1. The van der Waals surface area contributed by atoms with E-state index in [4.69, 9.17) is 4.74 Å². The number of para-hydroxylation sites is 1. The number of nitrogens with zero attached hydrogens (tertiary/aromatic N) is 1. The molecule has 0 radical (unpaired) electrons. The van der Waals surface area contributed by atoms with Gasteiger partial charge in [0.2, 0.25) is 0 Å². The second-order valence-corrected chi connectivity index (χ2v) is 9.15. The van der Waals surface area contributed by atoms with Crippen molar-refractivity contribution in [3.05, 3.63) is 29.8 Å². The first-order chi connectivity index (χ1) is 12.6. The van der Waals surface area contributed by atoms with Gasteiger partial charge in [0.15, 0.2) is 6.61 Å². The van der Waals surface area contributed by atoms with E-state index in [1.807, 2.05) is 24.3 Å². The first kappa shape index (κ1) is 21.7. The van der Waals surface area contributed by atoms with Crippen molar-refractivity contribution in [3.8, 4) is 5.75 Å². The fourth-order valence-corrected chi connectivity index (χ4v) is 3.69. The van der Waals surface area contributed by atoms with Crippen LogP contribution in [0.2, 0.25) is 0 Å². The Morgan fingerprint density at radius 3 is 2.48 bits per heavy atom. The molecule has 0 atom stereocenters. The van der Waals surface area contributed by atoms with Crippen molar-refractivity contribution in [1.82, 2.24) is 10.2 Å². The van der Waals surface area contributed by atoms with Gasteiger partial charge in [0.05, 0.1) is 5.60 Å². The Kier molecular flexibility index (Phi) is 7.29. The molecule has 1 aliphatic carbocycles. The van der Waals surface area contributed by atoms with Gasteiger partial charge in [-0.25, -0.2) is 0 Å². The van der Waals surface area contributed by atoms with Crippen LogP contribution in [0.1, 0.15) is 52.0 Å². The molecule has 2 N–H and O–H groups in total. The lowest BCUT2D eigenvalue weighted by Crippen LogP contribution is -2.44. The van der Waals surface area contributed by atoms with Crippen LogP contribution < -0.4 is 10.1 Å². The third kappa shape index (κ3) is 6.51. The molecule has 27 heavy (non-hydrogen) atoms. The second kappa shape index (κ2) is 9.07. The van der Waals surface area contributed by atoms with E-state index >= 15 is 0 Å². The predicted octanol–water partition coefficient (Wildman–Crippen LogP) is 3.21. The smallest absolute Gasteiger partial charge is 0.259 e. The Morgan fingerprint density at radius 1 is 1.26 bits per heavy atom. The number of benzene rings is 1. The van der Waals surface area contributed by atoms with Crippen LogP contribution in [0.5, 0.6) is 5.75 Å². The summed E-state index contributed by atoms with van der Waals surface area (Å²) in [5, 5.41) is 14.3. The van der Waals surface area contributed by atoms with Gasteiger partial charge in [-0.1, -0.05) is 39.0 Å². The van der Waals surface area contributed by atoms with E-state index in [0.717, 1.165) is 31.2 Å². The summed E-state index contributed by atoms with van der Waals surface area (Å²) in [4.78, 5) is 13.3. The summed E-state index contributed by atoms with van der Waals surface area (Å²) in [5.41, 5.74) is 0.684. The minimum absolute atomic E-state index is 0.0299. The number of aliphatic hydroxyl groups is 1. The van der Waals surface area contributed by atoms with Gasteiger partial charge in [-0.2, -0.15) is 0 Å². The Hall–Kier alpha value is -1.59. The Balaban J connectivity index is 1.84. The van der Waals surface area contributed by atoms with Gasteiger partial charge in [0, 0.05) is 32.7 Å². The lowest BCUT2D eigenvalue weighted by atomic mass is 9.68. The average Bonchev–Trinajstić information content (AvgIpc) is 2.60. The van der Waals surface area contributed by atoms with Crippen LogP contribution in [-0.2, 0) is 11.3 Å². The molecule has 2 rings (SSSR count). The summed E-state index contributed by atoms with van der Waals surface area (Å²) in [6.45, 7) is 8.09. The van der Waals surface area contributed by atoms with E-state index in [0.29, 0.717) is 30.2 Å². The largest absolute Gasteiger partial charge is 0.483 e.